The summed E-state index contributed by atoms with van der Waals surface area (Å²) >= 11 is 0. The van der Waals surface area contributed by atoms with Crippen LogP contribution in [-0.4, -0.2) is 64.8 Å². The van der Waals surface area contributed by atoms with Gasteiger partial charge in [0.05, 0.1) is 6.61 Å². The molecule has 1 aliphatic heterocycles. The van der Waals surface area contributed by atoms with Gasteiger partial charge in [-0.25, -0.2) is 0 Å². The molecule has 1 heterocycles. The van der Waals surface area contributed by atoms with Gasteiger partial charge in [-0.2, -0.15) is 0 Å². The van der Waals surface area contributed by atoms with E-state index in [1.165, 1.54) is 7.11 Å². The monoisotopic (exact) mass is 194 g/mol. The number of hydrogen-bond donors (Lipinski definition) is 4. The van der Waals surface area contributed by atoms with Gasteiger partial charge in [0.25, 0.3) is 0 Å². The van der Waals surface area contributed by atoms with E-state index in [-0.39, 0.29) is 0 Å². The molecule has 0 unspecified atom stereocenters. The van der Waals surface area contributed by atoms with Gasteiger partial charge in [-0.3, -0.25) is 0 Å². The van der Waals surface area contributed by atoms with Crippen LogP contribution in [0.25, 0.3) is 0 Å². The highest BCUT2D eigenvalue weighted by Crippen LogP contribution is 2.24. The molecule has 1 aliphatic rings. The molecule has 0 bridgehead atoms. The van der Waals surface area contributed by atoms with Gasteiger partial charge in [-0.05, 0) is 0 Å². The summed E-state index contributed by atoms with van der Waals surface area (Å²) in [7, 11) is 1.33. The highest BCUT2D eigenvalue weighted by atomic mass is 16.7. The molecule has 0 radical (unpaired) electrons. The predicted molar refractivity (Wildman–Crippen MR) is 40.8 cm³/mol. The first-order chi connectivity index (χ1) is 6.11. The van der Waals surface area contributed by atoms with E-state index in [9.17, 15) is 10.2 Å². The summed E-state index contributed by atoms with van der Waals surface area (Å²) in [5.74, 6) is 0. The summed E-state index contributed by atoms with van der Waals surface area (Å²) in [5.41, 5.74) is 0. The third-order valence-corrected chi connectivity index (χ3v) is 2.09. The molecule has 0 aromatic rings. The lowest BCUT2D eigenvalue weighted by molar-refractivity contribution is -0.150. The molecule has 0 aromatic carbocycles. The molecule has 0 spiro atoms. The van der Waals surface area contributed by atoms with Crippen molar-refractivity contribution in [2.75, 3.05) is 13.7 Å². The first-order valence-corrected chi connectivity index (χ1v) is 3.95. The van der Waals surface area contributed by atoms with Crippen molar-refractivity contribution in [3.8, 4) is 0 Å². The zero-order valence-electron chi connectivity index (χ0n) is 7.20. The fourth-order valence-electron chi connectivity index (χ4n) is 1.36. The molecular formula is C7H14O6. The highest BCUT2D eigenvalue weighted by Gasteiger charge is 2.46. The minimum atomic E-state index is -1.38. The molecule has 0 aromatic heterocycles. The molecule has 6 nitrogen and oxygen atoms in total. The number of hydrogen-bond acceptors (Lipinski definition) is 6. The molecule has 6 heteroatoms. The first kappa shape index (κ1) is 10.8. The van der Waals surface area contributed by atoms with Crippen LogP contribution in [0.15, 0.2) is 0 Å². The van der Waals surface area contributed by atoms with Gasteiger partial charge in [0.15, 0.2) is 6.29 Å². The van der Waals surface area contributed by atoms with Gasteiger partial charge in [0, 0.05) is 7.11 Å². The average molecular weight is 194 g/mol. The molecule has 13 heavy (non-hydrogen) atoms. The Hall–Kier alpha value is -0.240. The van der Waals surface area contributed by atoms with E-state index in [2.05, 4.69) is 0 Å². The molecule has 0 aliphatic carbocycles. The second-order valence-electron chi connectivity index (χ2n) is 2.93. The van der Waals surface area contributed by atoms with Crippen LogP contribution in [0.5, 0.6) is 0 Å². The Balaban J connectivity index is 2.64. The molecule has 0 saturated carbocycles. The SMILES string of the molecule is CO[C@@H]1[C@@H](O)[C@@H](O)O[C@H]1[C@H](O)CO. The Morgan fingerprint density at radius 1 is 1.46 bits per heavy atom. The van der Waals surface area contributed by atoms with Crippen LogP contribution in [0, 0.1) is 0 Å². The molecule has 1 rings (SSSR count). The molecular weight excluding hydrogens is 180 g/mol. The van der Waals surface area contributed by atoms with Crippen molar-refractivity contribution >= 4 is 0 Å². The standard InChI is InChI=1S/C7H14O6/c1-12-6-4(10)7(11)13-5(6)3(9)2-8/h3-11H,2H2,1H3/t3-,4-,5+,6-,7+/m1/s1. The lowest BCUT2D eigenvalue weighted by Crippen LogP contribution is -2.41. The van der Waals surface area contributed by atoms with E-state index in [0.717, 1.165) is 0 Å². The van der Waals surface area contributed by atoms with Gasteiger partial charge in [0.2, 0.25) is 0 Å². The third-order valence-electron chi connectivity index (χ3n) is 2.09. The summed E-state index contributed by atoms with van der Waals surface area (Å²) in [6.07, 6.45) is -5.47. The van der Waals surface area contributed by atoms with Crippen LogP contribution >= 0.6 is 0 Å². The van der Waals surface area contributed by atoms with Crippen molar-refractivity contribution in [2.45, 2.75) is 30.7 Å². The number of rotatable bonds is 3. The number of aliphatic hydroxyl groups is 4. The quantitative estimate of drug-likeness (QED) is 0.394. The van der Waals surface area contributed by atoms with Gasteiger partial charge in [-0.1, -0.05) is 0 Å². The Morgan fingerprint density at radius 3 is 2.54 bits per heavy atom. The second-order valence-corrected chi connectivity index (χ2v) is 2.93. The molecule has 1 fully saturated rings. The average Bonchev–Trinajstić information content (AvgIpc) is 2.42. The molecule has 1 saturated heterocycles. The zero-order chi connectivity index (χ0) is 10.0. The lowest BCUT2D eigenvalue weighted by atomic mass is 10.1. The molecule has 5 atom stereocenters. The zero-order valence-corrected chi connectivity index (χ0v) is 7.20. The summed E-state index contributed by atoms with van der Waals surface area (Å²) in [4.78, 5) is 0. The molecule has 4 N–H and O–H groups in total. The fourth-order valence-corrected chi connectivity index (χ4v) is 1.36. The van der Waals surface area contributed by atoms with Crippen molar-refractivity contribution < 1.29 is 29.9 Å². The maximum Gasteiger partial charge on any atom is 0.184 e. The lowest BCUT2D eigenvalue weighted by Gasteiger charge is -2.21. The smallest absolute Gasteiger partial charge is 0.184 e. The van der Waals surface area contributed by atoms with E-state index < -0.39 is 37.3 Å². The normalized spacial score (nSPS) is 42.2. The highest BCUT2D eigenvalue weighted by molar-refractivity contribution is 4.90. The number of methoxy groups -OCH3 is 1. The van der Waals surface area contributed by atoms with Crippen molar-refractivity contribution in [1.82, 2.24) is 0 Å². The maximum absolute atomic E-state index is 9.28. The first-order valence-electron chi connectivity index (χ1n) is 3.95. The minimum absolute atomic E-state index is 0.510. The molecule has 78 valence electrons. The molecule has 0 amide bonds. The largest absolute Gasteiger partial charge is 0.394 e. The number of aliphatic hydroxyl groups excluding tert-OH is 4. The minimum Gasteiger partial charge on any atom is -0.394 e. The summed E-state index contributed by atoms with van der Waals surface area (Å²) in [6, 6.07) is 0. The second kappa shape index (κ2) is 4.32. The van der Waals surface area contributed by atoms with Gasteiger partial charge in [-0.15, -0.1) is 0 Å². The Bertz CT molecular complexity index is 163. The van der Waals surface area contributed by atoms with Crippen LogP contribution in [0.4, 0.5) is 0 Å². The van der Waals surface area contributed by atoms with Crippen molar-refractivity contribution in [3.63, 3.8) is 0 Å². The topological polar surface area (TPSA) is 99.4 Å². The Labute approximate surface area is 75.3 Å². The summed E-state index contributed by atoms with van der Waals surface area (Å²) in [5, 5.41) is 36.2. The Kier molecular flexibility index (Phi) is 3.60. The maximum atomic E-state index is 9.28. The van der Waals surface area contributed by atoms with Gasteiger partial charge in [0.1, 0.15) is 24.4 Å². The van der Waals surface area contributed by atoms with Crippen LogP contribution in [0.1, 0.15) is 0 Å². The van der Waals surface area contributed by atoms with Crippen molar-refractivity contribution in [1.29, 1.82) is 0 Å². The van der Waals surface area contributed by atoms with Gasteiger partial charge < -0.3 is 29.9 Å². The van der Waals surface area contributed by atoms with E-state index in [1.54, 1.807) is 0 Å². The summed E-state index contributed by atoms with van der Waals surface area (Å²) < 4.78 is 9.62. The van der Waals surface area contributed by atoms with Crippen LogP contribution in [0.2, 0.25) is 0 Å². The van der Waals surface area contributed by atoms with Gasteiger partial charge >= 0.3 is 0 Å². The predicted octanol–water partition coefficient (Wildman–Crippen LogP) is -2.57. The van der Waals surface area contributed by atoms with E-state index >= 15 is 0 Å². The van der Waals surface area contributed by atoms with E-state index in [4.69, 9.17) is 19.7 Å². The van der Waals surface area contributed by atoms with E-state index in [0.29, 0.717) is 0 Å². The van der Waals surface area contributed by atoms with Crippen LogP contribution in [-0.2, 0) is 9.47 Å². The Morgan fingerprint density at radius 2 is 2.08 bits per heavy atom. The summed E-state index contributed by atoms with van der Waals surface area (Å²) in [6.45, 7) is -0.510. The van der Waals surface area contributed by atoms with Crippen molar-refractivity contribution in [3.05, 3.63) is 0 Å². The van der Waals surface area contributed by atoms with E-state index in [1.807, 2.05) is 0 Å². The van der Waals surface area contributed by atoms with Crippen molar-refractivity contribution in [2.24, 2.45) is 0 Å². The fraction of sp³-hybridized carbons (Fsp3) is 1.00. The van der Waals surface area contributed by atoms with Crippen LogP contribution in [0.3, 0.4) is 0 Å². The van der Waals surface area contributed by atoms with Crippen LogP contribution < -0.4 is 0 Å². The third kappa shape index (κ3) is 1.98. The number of ether oxygens (including phenoxy) is 2.